The molecule has 0 amide bonds. The average Bonchev–Trinajstić information content (AvgIpc) is 3.34. The molecular formula is C24H29Cl3N4O3. The minimum Gasteiger partial charge on any atom is -0.507 e. The van der Waals surface area contributed by atoms with Gasteiger partial charge in [-0.1, -0.05) is 18.2 Å². The van der Waals surface area contributed by atoms with Gasteiger partial charge >= 0.3 is 0 Å². The van der Waals surface area contributed by atoms with Gasteiger partial charge in [0.2, 0.25) is 5.78 Å². The van der Waals surface area contributed by atoms with Crippen LogP contribution in [0, 0.1) is 0 Å². The molecule has 0 atom stereocenters. The second kappa shape index (κ2) is 11.9. The Balaban J connectivity index is 0.00000136. The van der Waals surface area contributed by atoms with Gasteiger partial charge in [-0.15, -0.1) is 37.2 Å². The molecule has 0 spiro atoms. The number of fused-ring (bicyclic) bond motifs is 2. The fourth-order valence-corrected chi connectivity index (χ4v) is 4.38. The number of nitrogens with one attached hydrogen (secondary N) is 3. The van der Waals surface area contributed by atoms with E-state index in [9.17, 15) is 9.90 Å². The number of halogens is 3. The summed E-state index contributed by atoms with van der Waals surface area (Å²) in [4.78, 5) is 18.6. The van der Waals surface area contributed by atoms with Crippen molar-refractivity contribution in [1.29, 1.82) is 0 Å². The van der Waals surface area contributed by atoms with Crippen LogP contribution in [-0.2, 0) is 13.1 Å². The number of H-pyrrole nitrogens is 1. The van der Waals surface area contributed by atoms with Gasteiger partial charge in [0.1, 0.15) is 11.5 Å². The first-order chi connectivity index (χ1) is 15.2. The first-order valence-electron chi connectivity index (χ1n) is 10.6. The highest BCUT2D eigenvalue weighted by Crippen LogP contribution is 2.40. The van der Waals surface area contributed by atoms with E-state index in [1.165, 1.54) is 0 Å². The molecule has 2 aliphatic heterocycles. The van der Waals surface area contributed by atoms with Gasteiger partial charge in [0.15, 0.2) is 5.76 Å². The van der Waals surface area contributed by atoms with E-state index < -0.39 is 0 Å². The molecule has 0 unspecified atom stereocenters. The zero-order valence-corrected chi connectivity index (χ0v) is 21.2. The van der Waals surface area contributed by atoms with E-state index in [-0.39, 0.29) is 54.5 Å². The number of para-hydroxylation sites is 1. The highest BCUT2D eigenvalue weighted by Gasteiger charge is 2.32. The number of allylic oxidation sites excluding steroid dienone is 1. The molecule has 1 fully saturated rings. The Morgan fingerprint density at radius 2 is 1.91 bits per heavy atom. The van der Waals surface area contributed by atoms with Crippen molar-refractivity contribution in [3.05, 3.63) is 64.5 Å². The summed E-state index contributed by atoms with van der Waals surface area (Å²) in [6.07, 6.45) is 3.69. The number of aromatic hydroxyl groups is 1. The summed E-state index contributed by atoms with van der Waals surface area (Å²) >= 11 is 0. The minimum atomic E-state index is -0.155. The van der Waals surface area contributed by atoms with E-state index in [0.29, 0.717) is 23.4 Å². The molecule has 1 aromatic heterocycles. The minimum absolute atomic E-state index is 0. The summed E-state index contributed by atoms with van der Waals surface area (Å²) < 4.78 is 6.06. The summed E-state index contributed by atoms with van der Waals surface area (Å²) in [5.74, 6) is 0.764. The average molecular weight is 528 g/mol. The molecule has 3 aromatic rings. The molecule has 2 aromatic carbocycles. The molecule has 34 heavy (non-hydrogen) atoms. The van der Waals surface area contributed by atoms with Crippen LogP contribution in [0.4, 0.5) is 0 Å². The van der Waals surface area contributed by atoms with E-state index in [1.54, 1.807) is 18.2 Å². The molecule has 0 radical (unpaired) electrons. The van der Waals surface area contributed by atoms with Gasteiger partial charge in [0.25, 0.3) is 0 Å². The van der Waals surface area contributed by atoms with Gasteiger partial charge < -0.3 is 25.5 Å². The quantitative estimate of drug-likeness (QED) is 0.377. The molecule has 5 rings (SSSR count). The van der Waals surface area contributed by atoms with Gasteiger partial charge in [-0.2, -0.15) is 0 Å². The third kappa shape index (κ3) is 5.20. The summed E-state index contributed by atoms with van der Waals surface area (Å²) in [5.41, 5.74) is 4.28. The Hall–Kier alpha value is -2.26. The predicted octanol–water partition coefficient (Wildman–Crippen LogP) is 3.88. The summed E-state index contributed by atoms with van der Waals surface area (Å²) in [5, 5.41) is 18.0. The maximum atomic E-state index is 13.1. The van der Waals surface area contributed by atoms with Gasteiger partial charge in [-0.3, -0.25) is 9.69 Å². The lowest BCUT2D eigenvalue weighted by Gasteiger charge is -2.27. The Labute approximate surface area is 217 Å². The SMILES string of the molecule is CNCc1cccc2c(/C=C3\Oc4c(ccc(O)c4CN4CCNCC4)C3=O)c[nH]c12.Cl.Cl.Cl. The summed E-state index contributed by atoms with van der Waals surface area (Å²) in [6.45, 7) is 4.92. The van der Waals surface area contributed by atoms with Crippen LogP contribution in [0.3, 0.4) is 0 Å². The van der Waals surface area contributed by atoms with Crippen molar-refractivity contribution in [2.45, 2.75) is 13.1 Å². The van der Waals surface area contributed by atoms with Crippen LogP contribution in [0.25, 0.3) is 17.0 Å². The Bertz CT molecular complexity index is 1190. The lowest BCUT2D eigenvalue weighted by atomic mass is 10.0. The van der Waals surface area contributed by atoms with Crippen molar-refractivity contribution < 1.29 is 14.6 Å². The topological polar surface area (TPSA) is 89.6 Å². The van der Waals surface area contributed by atoms with E-state index in [0.717, 1.165) is 54.8 Å². The first kappa shape index (κ1) is 28.0. The maximum absolute atomic E-state index is 13.1. The van der Waals surface area contributed by atoms with Crippen molar-refractivity contribution in [1.82, 2.24) is 20.5 Å². The third-order valence-corrected chi connectivity index (χ3v) is 6.00. The number of carbonyl (C=O) groups is 1. The van der Waals surface area contributed by atoms with Gasteiger partial charge in [-0.25, -0.2) is 0 Å². The number of piperazine rings is 1. The van der Waals surface area contributed by atoms with Crippen molar-refractivity contribution in [2.75, 3.05) is 33.2 Å². The van der Waals surface area contributed by atoms with Crippen LogP contribution in [-0.4, -0.2) is 54.0 Å². The molecule has 10 heteroatoms. The van der Waals surface area contributed by atoms with Crippen molar-refractivity contribution in [2.24, 2.45) is 0 Å². The molecule has 0 saturated carbocycles. The van der Waals surface area contributed by atoms with Crippen molar-refractivity contribution in [3.8, 4) is 11.5 Å². The normalized spacial score (nSPS) is 16.4. The standard InChI is InChI=1S/C24H26N4O3.3ClH/c1-25-12-15-3-2-4-17-16(13-27-22(15)17)11-21-23(30)18-5-6-20(29)19(24(18)31-21)14-28-9-7-26-8-10-28;;;/h2-6,11,13,25-27,29H,7-10,12,14H2,1H3;3*1H/b21-11-;;;. The van der Waals surface area contributed by atoms with E-state index in [2.05, 4.69) is 26.6 Å². The second-order valence-electron chi connectivity index (χ2n) is 8.02. The molecular weight excluding hydrogens is 499 g/mol. The number of aromatic amines is 1. The van der Waals surface area contributed by atoms with Gasteiger partial charge in [-0.05, 0) is 30.8 Å². The molecule has 1 saturated heterocycles. The monoisotopic (exact) mass is 526 g/mol. The lowest BCUT2D eigenvalue weighted by Crippen LogP contribution is -2.42. The van der Waals surface area contributed by atoms with Crippen molar-refractivity contribution >= 4 is 60.0 Å². The lowest BCUT2D eigenvalue weighted by molar-refractivity contribution is 0.101. The smallest absolute Gasteiger partial charge is 0.231 e. The fraction of sp³-hybridized carbons (Fsp3) is 0.292. The van der Waals surface area contributed by atoms with Gasteiger partial charge in [0, 0.05) is 56.4 Å². The molecule has 7 nitrogen and oxygen atoms in total. The summed E-state index contributed by atoms with van der Waals surface area (Å²) in [6, 6.07) is 9.36. The van der Waals surface area contributed by atoms with E-state index >= 15 is 0 Å². The maximum Gasteiger partial charge on any atom is 0.231 e. The molecule has 184 valence electrons. The zero-order valence-electron chi connectivity index (χ0n) is 18.7. The number of ketones is 1. The Morgan fingerprint density at radius 3 is 2.65 bits per heavy atom. The number of carbonyl (C=O) groups excluding carboxylic acids is 1. The largest absolute Gasteiger partial charge is 0.507 e. The number of aromatic nitrogens is 1. The zero-order chi connectivity index (χ0) is 21.4. The molecule has 4 N–H and O–H groups in total. The number of ether oxygens (including phenoxy) is 1. The number of hydrogen-bond donors (Lipinski definition) is 4. The molecule has 0 aliphatic carbocycles. The number of nitrogens with zero attached hydrogens (tertiary/aromatic N) is 1. The van der Waals surface area contributed by atoms with E-state index in [4.69, 9.17) is 4.74 Å². The number of benzene rings is 2. The van der Waals surface area contributed by atoms with Gasteiger partial charge in [0.05, 0.1) is 16.6 Å². The highest BCUT2D eigenvalue weighted by atomic mass is 35.5. The number of rotatable bonds is 5. The number of hydrogen-bond acceptors (Lipinski definition) is 6. The Morgan fingerprint density at radius 1 is 1.15 bits per heavy atom. The Kier molecular flexibility index (Phi) is 9.82. The number of Topliss-reactive ketones (excluding diaryl/α,β-unsaturated/α-hetero) is 1. The van der Waals surface area contributed by atoms with Crippen LogP contribution < -0.4 is 15.4 Å². The summed E-state index contributed by atoms with van der Waals surface area (Å²) in [7, 11) is 1.92. The van der Waals surface area contributed by atoms with E-state index in [1.807, 2.05) is 25.4 Å². The predicted molar refractivity (Wildman–Crippen MR) is 142 cm³/mol. The third-order valence-electron chi connectivity index (χ3n) is 6.00. The van der Waals surface area contributed by atoms with Crippen molar-refractivity contribution in [3.63, 3.8) is 0 Å². The first-order valence-corrected chi connectivity index (χ1v) is 10.6. The number of phenolic OH excluding ortho intramolecular Hbond substituents is 1. The van der Waals surface area contributed by atoms with Crippen LogP contribution >= 0.6 is 37.2 Å². The second-order valence-corrected chi connectivity index (χ2v) is 8.02. The fourth-order valence-electron chi connectivity index (χ4n) is 4.38. The molecule has 0 bridgehead atoms. The highest BCUT2D eigenvalue weighted by molar-refractivity contribution is 6.15. The van der Waals surface area contributed by atoms with Crippen LogP contribution in [0.5, 0.6) is 11.5 Å². The molecule has 2 aliphatic rings. The van der Waals surface area contributed by atoms with Crippen LogP contribution in [0.2, 0.25) is 0 Å². The van der Waals surface area contributed by atoms with Crippen LogP contribution in [0.1, 0.15) is 27.0 Å². The molecule has 3 heterocycles. The van der Waals surface area contributed by atoms with Crippen LogP contribution in [0.15, 0.2) is 42.3 Å². The number of phenols is 1.